The number of hydrogen-bond acceptors (Lipinski definition) is 3. The molecular formula is C10H10N2O. The lowest BCUT2D eigenvalue weighted by Crippen LogP contribution is -2.03. The molecule has 0 saturated carbocycles. The van der Waals surface area contributed by atoms with Gasteiger partial charge >= 0.3 is 0 Å². The Bertz CT molecular complexity index is 328. The van der Waals surface area contributed by atoms with Gasteiger partial charge in [-0.05, 0) is 12.1 Å². The molecule has 0 amide bonds. The molecule has 0 spiro atoms. The highest BCUT2D eigenvalue weighted by atomic mass is 16.1. The van der Waals surface area contributed by atoms with E-state index in [1.807, 2.05) is 18.2 Å². The Balaban J connectivity index is 2.65. The normalized spacial score (nSPS) is 8.85. The number of nitrogens with one attached hydrogen (secondary N) is 1. The highest BCUT2D eigenvalue weighted by Gasteiger charge is 1.97. The molecule has 0 bridgehead atoms. The lowest BCUT2D eigenvalue weighted by molar-refractivity contribution is -0.107. The summed E-state index contributed by atoms with van der Waals surface area (Å²) in [5.41, 5.74) is 1.39. The first-order chi connectivity index (χ1) is 6.38. The average Bonchev–Trinajstić information content (AvgIpc) is 2.19. The number of rotatable bonds is 4. The van der Waals surface area contributed by atoms with Gasteiger partial charge in [0.05, 0.1) is 11.3 Å². The highest BCUT2D eigenvalue weighted by Crippen LogP contribution is 2.12. The second kappa shape index (κ2) is 4.94. The van der Waals surface area contributed by atoms with E-state index in [2.05, 4.69) is 11.4 Å². The van der Waals surface area contributed by atoms with Crippen molar-refractivity contribution in [2.45, 2.75) is 6.42 Å². The largest absolute Gasteiger partial charge is 0.384 e. The Morgan fingerprint density at radius 3 is 2.92 bits per heavy atom. The van der Waals surface area contributed by atoms with E-state index in [0.717, 1.165) is 12.0 Å². The van der Waals surface area contributed by atoms with Crippen molar-refractivity contribution in [3.05, 3.63) is 29.8 Å². The van der Waals surface area contributed by atoms with E-state index < -0.39 is 0 Å². The van der Waals surface area contributed by atoms with Gasteiger partial charge in [-0.1, -0.05) is 12.1 Å². The van der Waals surface area contributed by atoms with Crippen LogP contribution in [0.2, 0.25) is 0 Å². The highest BCUT2D eigenvalue weighted by molar-refractivity contribution is 5.58. The fraction of sp³-hybridized carbons (Fsp3) is 0.200. The molecule has 3 nitrogen and oxygen atoms in total. The van der Waals surface area contributed by atoms with Gasteiger partial charge in [0.25, 0.3) is 0 Å². The van der Waals surface area contributed by atoms with Gasteiger partial charge < -0.3 is 10.1 Å². The van der Waals surface area contributed by atoms with E-state index in [1.54, 1.807) is 6.07 Å². The van der Waals surface area contributed by atoms with Gasteiger partial charge in [-0.3, -0.25) is 0 Å². The molecule has 1 N–H and O–H groups in total. The van der Waals surface area contributed by atoms with Crippen molar-refractivity contribution in [2.75, 3.05) is 11.9 Å². The Morgan fingerprint density at radius 1 is 1.46 bits per heavy atom. The van der Waals surface area contributed by atoms with E-state index in [4.69, 9.17) is 5.26 Å². The van der Waals surface area contributed by atoms with Gasteiger partial charge in [0, 0.05) is 13.0 Å². The van der Waals surface area contributed by atoms with Gasteiger partial charge in [-0.2, -0.15) is 5.26 Å². The number of benzene rings is 1. The van der Waals surface area contributed by atoms with Crippen LogP contribution in [0.1, 0.15) is 12.0 Å². The predicted molar refractivity (Wildman–Crippen MR) is 50.3 cm³/mol. The molecule has 0 aliphatic carbocycles. The summed E-state index contributed by atoms with van der Waals surface area (Å²) >= 11 is 0. The van der Waals surface area contributed by atoms with Crippen LogP contribution in [0.15, 0.2) is 24.3 Å². The first-order valence-electron chi connectivity index (χ1n) is 4.05. The maximum absolute atomic E-state index is 10.0. The Labute approximate surface area is 77.0 Å². The summed E-state index contributed by atoms with van der Waals surface area (Å²) in [4.78, 5) is 10.0. The van der Waals surface area contributed by atoms with Crippen LogP contribution in [-0.2, 0) is 4.79 Å². The minimum Gasteiger partial charge on any atom is -0.384 e. The Kier molecular flexibility index (Phi) is 3.52. The van der Waals surface area contributed by atoms with Gasteiger partial charge in [-0.15, -0.1) is 0 Å². The van der Waals surface area contributed by atoms with Crippen LogP contribution >= 0.6 is 0 Å². The number of para-hydroxylation sites is 1. The molecule has 0 aliphatic rings. The summed E-state index contributed by atoms with van der Waals surface area (Å²) in [5.74, 6) is 0. The number of nitriles is 1. The van der Waals surface area contributed by atoms with Crippen molar-refractivity contribution in [3.8, 4) is 6.07 Å². The fourth-order valence-electron chi connectivity index (χ4n) is 1.00. The van der Waals surface area contributed by atoms with Crippen LogP contribution in [0, 0.1) is 11.3 Å². The zero-order valence-corrected chi connectivity index (χ0v) is 7.16. The lowest BCUT2D eigenvalue weighted by Gasteiger charge is -2.04. The molecule has 0 saturated heterocycles. The smallest absolute Gasteiger partial charge is 0.121 e. The molecule has 1 aromatic carbocycles. The minimum absolute atomic E-state index is 0.458. The first kappa shape index (κ1) is 9.27. The van der Waals surface area contributed by atoms with Crippen molar-refractivity contribution in [1.29, 1.82) is 5.26 Å². The Morgan fingerprint density at radius 2 is 2.23 bits per heavy atom. The molecule has 3 heteroatoms. The predicted octanol–water partition coefficient (Wildman–Crippen LogP) is 1.56. The van der Waals surface area contributed by atoms with Crippen LogP contribution < -0.4 is 5.32 Å². The Hall–Kier alpha value is -1.82. The molecule has 66 valence electrons. The SMILES string of the molecule is N#Cc1ccccc1NCCC=O. The molecule has 0 heterocycles. The second-order valence-electron chi connectivity index (χ2n) is 2.54. The van der Waals surface area contributed by atoms with E-state index in [0.29, 0.717) is 18.5 Å². The van der Waals surface area contributed by atoms with Crippen LogP contribution in [0.5, 0.6) is 0 Å². The molecule has 0 atom stereocenters. The van der Waals surface area contributed by atoms with Crippen LogP contribution in [0.3, 0.4) is 0 Å². The first-order valence-corrected chi connectivity index (χ1v) is 4.05. The topological polar surface area (TPSA) is 52.9 Å². The zero-order chi connectivity index (χ0) is 9.52. The van der Waals surface area contributed by atoms with Gasteiger partial charge in [0.1, 0.15) is 12.4 Å². The van der Waals surface area contributed by atoms with Crippen LogP contribution in [0.25, 0.3) is 0 Å². The third-order valence-corrected chi connectivity index (χ3v) is 1.63. The molecule has 1 aromatic rings. The van der Waals surface area contributed by atoms with Crippen molar-refractivity contribution < 1.29 is 4.79 Å². The maximum atomic E-state index is 10.0. The number of hydrogen-bond donors (Lipinski definition) is 1. The molecule has 13 heavy (non-hydrogen) atoms. The van der Waals surface area contributed by atoms with Crippen molar-refractivity contribution in [3.63, 3.8) is 0 Å². The monoisotopic (exact) mass is 174 g/mol. The number of nitrogens with zero attached hydrogens (tertiary/aromatic N) is 1. The van der Waals surface area contributed by atoms with E-state index in [9.17, 15) is 4.79 Å². The zero-order valence-electron chi connectivity index (χ0n) is 7.16. The molecule has 0 radical (unpaired) electrons. The quantitative estimate of drug-likeness (QED) is 0.556. The summed E-state index contributed by atoms with van der Waals surface area (Å²) in [6.45, 7) is 0.572. The molecule has 0 fully saturated rings. The molecule has 1 rings (SSSR count). The van der Waals surface area contributed by atoms with Gasteiger partial charge in [0.2, 0.25) is 0 Å². The maximum Gasteiger partial charge on any atom is 0.121 e. The average molecular weight is 174 g/mol. The summed E-state index contributed by atoms with van der Waals surface area (Å²) in [5, 5.41) is 11.7. The molecule has 0 aromatic heterocycles. The number of aldehydes is 1. The van der Waals surface area contributed by atoms with Crippen LogP contribution in [0.4, 0.5) is 5.69 Å². The summed E-state index contributed by atoms with van der Waals surface area (Å²) in [6, 6.07) is 9.29. The minimum atomic E-state index is 0.458. The molecule has 0 aliphatic heterocycles. The van der Waals surface area contributed by atoms with Crippen LogP contribution in [-0.4, -0.2) is 12.8 Å². The van der Waals surface area contributed by atoms with Gasteiger partial charge in [-0.25, -0.2) is 0 Å². The summed E-state index contributed by atoms with van der Waals surface area (Å²) in [6.07, 6.45) is 1.31. The number of anilines is 1. The fourth-order valence-corrected chi connectivity index (χ4v) is 1.00. The number of carbonyl (C=O) groups is 1. The molecular weight excluding hydrogens is 164 g/mol. The lowest BCUT2D eigenvalue weighted by atomic mass is 10.2. The third kappa shape index (κ3) is 2.60. The number of carbonyl (C=O) groups excluding carboxylic acids is 1. The second-order valence-corrected chi connectivity index (χ2v) is 2.54. The van der Waals surface area contributed by atoms with Crippen molar-refractivity contribution in [2.24, 2.45) is 0 Å². The summed E-state index contributed by atoms with van der Waals surface area (Å²) < 4.78 is 0. The molecule has 0 unspecified atom stereocenters. The third-order valence-electron chi connectivity index (χ3n) is 1.63. The summed E-state index contributed by atoms with van der Waals surface area (Å²) in [7, 11) is 0. The van der Waals surface area contributed by atoms with E-state index in [-0.39, 0.29) is 0 Å². The van der Waals surface area contributed by atoms with Gasteiger partial charge in [0.15, 0.2) is 0 Å². The van der Waals surface area contributed by atoms with Crippen molar-refractivity contribution in [1.82, 2.24) is 0 Å². The standard InChI is InChI=1S/C10H10N2O/c11-8-9-4-1-2-5-10(9)12-6-3-7-13/h1-2,4-5,7,12H,3,6H2. The van der Waals surface area contributed by atoms with Crippen molar-refractivity contribution >= 4 is 12.0 Å². The van der Waals surface area contributed by atoms with E-state index >= 15 is 0 Å². The van der Waals surface area contributed by atoms with E-state index in [1.165, 1.54) is 0 Å².